The Balaban J connectivity index is 1.91. The van der Waals surface area contributed by atoms with Gasteiger partial charge in [-0.2, -0.15) is 13.2 Å². The molecule has 1 heterocycles. The van der Waals surface area contributed by atoms with Crippen molar-refractivity contribution in [2.45, 2.75) is 12.5 Å². The summed E-state index contributed by atoms with van der Waals surface area (Å²) in [6.07, 6.45) is -9.11. The molecule has 10 heteroatoms. The van der Waals surface area contributed by atoms with E-state index in [0.717, 1.165) is 12.1 Å². The molecule has 0 aliphatic carbocycles. The molecule has 24 heavy (non-hydrogen) atoms. The highest BCUT2D eigenvalue weighted by Gasteiger charge is 2.33. The van der Waals surface area contributed by atoms with Gasteiger partial charge >= 0.3 is 12.5 Å². The summed E-state index contributed by atoms with van der Waals surface area (Å²) in [7, 11) is 0. The Labute approximate surface area is 133 Å². The van der Waals surface area contributed by atoms with Gasteiger partial charge in [0.1, 0.15) is 5.75 Å². The topological polar surface area (TPSA) is 32.8 Å². The number of alkyl halides is 6. The molecule has 2 rings (SSSR count). The molecular weight excluding hydrogens is 342 g/mol. The predicted molar refractivity (Wildman–Crippen MR) is 71.5 cm³/mol. The Morgan fingerprint density at radius 1 is 0.958 bits per heavy atom. The molecule has 1 aliphatic heterocycles. The third kappa shape index (κ3) is 5.59. The fourth-order valence-corrected chi connectivity index (χ4v) is 2.34. The van der Waals surface area contributed by atoms with Gasteiger partial charge in [0.15, 0.2) is 0 Å². The molecule has 134 valence electrons. The molecule has 0 unspecified atom stereocenters. The van der Waals surface area contributed by atoms with Crippen molar-refractivity contribution in [3.05, 3.63) is 29.8 Å². The SMILES string of the molecule is O=C(c1ccc(OC(F)(F)F)cc1)N1CCN(CC(F)(F)F)CC1. The molecule has 1 aromatic rings. The zero-order valence-corrected chi connectivity index (χ0v) is 12.3. The molecule has 0 radical (unpaired) electrons. The molecule has 1 aromatic carbocycles. The molecule has 1 amide bonds. The van der Waals surface area contributed by atoms with E-state index in [1.165, 1.54) is 21.9 Å². The highest BCUT2D eigenvalue weighted by atomic mass is 19.4. The second-order valence-corrected chi connectivity index (χ2v) is 5.26. The fourth-order valence-electron chi connectivity index (χ4n) is 2.34. The number of halogens is 6. The van der Waals surface area contributed by atoms with Crippen LogP contribution in [0.1, 0.15) is 10.4 Å². The smallest absolute Gasteiger partial charge is 0.406 e. The van der Waals surface area contributed by atoms with Crippen molar-refractivity contribution in [1.29, 1.82) is 0 Å². The van der Waals surface area contributed by atoms with Crippen LogP contribution in [0.15, 0.2) is 24.3 Å². The van der Waals surface area contributed by atoms with Gasteiger partial charge in [-0.3, -0.25) is 9.69 Å². The van der Waals surface area contributed by atoms with Crippen LogP contribution in [-0.4, -0.2) is 61.0 Å². The molecule has 0 saturated carbocycles. The van der Waals surface area contributed by atoms with E-state index in [9.17, 15) is 31.1 Å². The number of hydrogen-bond donors (Lipinski definition) is 0. The first-order valence-corrected chi connectivity index (χ1v) is 6.98. The first kappa shape index (κ1) is 18.4. The lowest BCUT2D eigenvalue weighted by molar-refractivity contribution is -0.274. The minimum Gasteiger partial charge on any atom is -0.406 e. The zero-order valence-electron chi connectivity index (χ0n) is 12.3. The van der Waals surface area contributed by atoms with Crippen LogP contribution in [0.2, 0.25) is 0 Å². The summed E-state index contributed by atoms with van der Waals surface area (Å²) in [6, 6.07) is 4.40. The second-order valence-electron chi connectivity index (χ2n) is 5.26. The molecule has 1 saturated heterocycles. The summed E-state index contributed by atoms with van der Waals surface area (Å²) in [5.41, 5.74) is 0.147. The Morgan fingerprint density at radius 2 is 1.50 bits per heavy atom. The van der Waals surface area contributed by atoms with Gasteiger partial charge in [0.2, 0.25) is 0 Å². The van der Waals surface area contributed by atoms with Gasteiger partial charge in [0.25, 0.3) is 5.91 Å². The first-order chi connectivity index (χ1) is 11.0. The van der Waals surface area contributed by atoms with Crippen LogP contribution < -0.4 is 4.74 Å². The minimum absolute atomic E-state index is 0.0838. The third-order valence-corrected chi connectivity index (χ3v) is 3.40. The van der Waals surface area contributed by atoms with Crippen LogP contribution in [0.5, 0.6) is 5.75 Å². The van der Waals surface area contributed by atoms with Crippen molar-refractivity contribution < 1.29 is 35.9 Å². The normalized spacial score (nSPS) is 17.0. The van der Waals surface area contributed by atoms with Gasteiger partial charge in [-0.15, -0.1) is 13.2 Å². The van der Waals surface area contributed by atoms with Gasteiger partial charge in [0.05, 0.1) is 6.54 Å². The van der Waals surface area contributed by atoms with E-state index in [4.69, 9.17) is 0 Å². The van der Waals surface area contributed by atoms with Gasteiger partial charge in [-0.1, -0.05) is 0 Å². The number of nitrogens with zero attached hydrogens (tertiary/aromatic N) is 2. The van der Waals surface area contributed by atoms with E-state index in [1.54, 1.807) is 0 Å². The summed E-state index contributed by atoms with van der Waals surface area (Å²) in [5, 5.41) is 0. The maximum absolute atomic E-state index is 12.3. The van der Waals surface area contributed by atoms with Crippen LogP contribution in [0.25, 0.3) is 0 Å². The number of piperazine rings is 1. The number of rotatable bonds is 3. The summed E-state index contributed by atoms with van der Waals surface area (Å²) < 4.78 is 76.8. The summed E-state index contributed by atoms with van der Waals surface area (Å²) in [5.74, 6) is -0.894. The van der Waals surface area contributed by atoms with Crippen LogP contribution in [0, 0.1) is 0 Å². The summed E-state index contributed by atoms with van der Waals surface area (Å²) in [6.45, 7) is -0.620. The second kappa shape index (κ2) is 6.88. The van der Waals surface area contributed by atoms with Crippen molar-refractivity contribution in [3.8, 4) is 5.75 Å². The Bertz CT molecular complexity index is 562. The lowest BCUT2D eigenvalue weighted by Crippen LogP contribution is -2.50. The maximum Gasteiger partial charge on any atom is 0.573 e. The van der Waals surface area contributed by atoms with Crippen molar-refractivity contribution in [2.75, 3.05) is 32.7 Å². The molecule has 1 fully saturated rings. The lowest BCUT2D eigenvalue weighted by Gasteiger charge is -2.35. The average molecular weight is 356 g/mol. The number of benzene rings is 1. The van der Waals surface area contributed by atoms with Gasteiger partial charge < -0.3 is 9.64 Å². The number of amides is 1. The molecule has 0 spiro atoms. The van der Waals surface area contributed by atoms with Crippen LogP contribution in [-0.2, 0) is 0 Å². The lowest BCUT2D eigenvalue weighted by atomic mass is 10.1. The standard InChI is InChI=1S/C14H14F6N2O2/c15-13(16,17)9-21-5-7-22(8-6-21)12(23)10-1-3-11(4-2-10)24-14(18,19)20/h1-4H,5-9H2. The number of hydrogen-bond acceptors (Lipinski definition) is 3. The van der Waals surface area contributed by atoms with Crippen molar-refractivity contribution in [1.82, 2.24) is 9.80 Å². The van der Waals surface area contributed by atoms with E-state index in [0.29, 0.717) is 0 Å². The highest BCUT2D eigenvalue weighted by molar-refractivity contribution is 5.94. The Morgan fingerprint density at radius 3 is 1.96 bits per heavy atom. The molecular formula is C14H14F6N2O2. The summed E-state index contributed by atoms with van der Waals surface area (Å²) >= 11 is 0. The van der Waals surface area contributed by atoms with Gasteiger partial charge in [0, 0.05) is 31.7 Å². The highest BCUT2D eigenvalue weighted by Crippen LogP contribution is 2.23. The van der Waals surface area contributed by atoms with Crippen LogP contribution >= 0.6 is 0 Å². The number of ether oxygens (including phenoxy) is 1. The monoisotopic (exact) mass is 356 g/mol. The molecule has 0 atom stereocenters. The van der Waals surface area contributed by atoms with E-state index >= 15 is 0 Å². The fraction of sp³-hybridized carbons (Fsp3) is 0.500. The van der Waals surface area contributed by atoms with Crippen molar-refractivity contribution >= 4 is 5.91 Å². The zero-order chi connectivity index (χ0) is 18.0. The van der Waals surface area contributed by atoms with Gasteiger partial charge in [-0.05, 0) is 24.3 Å². The first-order valence-electron chi connectivity index (χ1n) is 6.98. The van der Waals surface area contributed by atoms with E-state index in [1.807, 2.05) is 0 Å². The Kier molecular flexibility index (Phi) is 5.26. The molecule has 0 aromatic heterocycles. The van der Waals surface area contributed by atoms with Crippen LogP contribution in [0.4, 0.5) is 26.3 Å². The van der Waals surface area contributed by atoms with Crippen LogP contribution in [0.3, 0.4) is 0 Å². The molecule has 4 nitrogen and oxygen atoms in total. The molecule has 0 bridgehead atoms. The average Bonchev–Trinajstić information content (AvgIpc) is 2.45. The Hall–Kier alpha value is -1.97. The summed E-state index contributed by atoms with van der Waals surface area (Å²) in [4.78, 5) is 14.8. The minimum atomic E-state index is -4.82. The van der Waals surface area contributed by atoms with E-state index < -0.39 is 30.7 Å². The van der Waals surface area contributed by atoms with Crippen molar-refractivity contribution in [3.63, 3.8) is 0 Å². The number of carbonyl (C=O) groups is 1. The largest absolute Gasteiger partial charge is 0.573 e. The predicted octanol–water partition coefficient (Wildman–Crippen LogP) is 2.91. The third-order valence-electron chi connectivity index (χ3n) is 3.40. The molecule has 0 N–H and O–H groups in total. The van der Waals surface area contributed by atoms with Crippen molar-refractivity contribution in [2.24, 2.45) is 0 Å². The number of carbonyl (C=O) groups excluding carboxylic acids is 1. The molecule has 1 aliphatic rings. The van der Waals surface area contributed by atoms with Gasteiger partial charge in [-0.25, -0.2) is 0 Å². The maximum atomic E-state index is 12.3. The van der Waals surface area contributed by atoms with E-state index in [2.05, 4.69) is 4.74 Å². The quantitative estimate of drug-likeness (QED) is 0.781. The van der Waals surface area contributed by atoms with E-state index in [-0.39, 0.29) is 31.7 Å².